The molecule has 0 radical (unpaired) electrons. The number of aliphatic hydroxyl groups is 1. The maximum atomic E-state index is 14.3. The minimum atomic E-state index is -0.947. The number of piperazine rings is 1. The van der Waals surface area contributed by atoms with Crippen molar-refractivity contribution in [3.05, 3.63) is 76.7 Å². The third kappa shape index (κ3) is 3.64. The summed E-state index contributed by atoms with van der Waals surface area (Å²) >= 11 is 6.32. The summed E-state index contributed by atoms with van der Waals surface area (Å²) in [4.78, 5) is 8.70. The third-order valence-electron chi connectivity index (χ3n) is 5.74. The first-order valence-electron chi connectivity index (χ1n) is 10.2. The zero-order chi connectivity index (χ0) is 21.5. The molecule has 1 saturated heterocycles. The lowest BCUT2D eigenvalue weighted by molar-refractivity contribution is 0.257. The van der Waals surface area contributed by atoms with Crippen molar-refractivity contribution in [1.29, 1.82) is 0 Å². The number of aryl methyl sites for hydroxylation is 1. The van der Waals surface area contributed by atoms with E-state index in [4.69, 9.17) is 16.0 Å². The maximum Gasteiger partial charge on any atom is 0.191 e. The lowest BCUT2D eigenvalue weighted by atomic mass is 9.95. The van der Waals surface area contributed by atoms with Crippen molar-refractivity contribution >= 4 is 34.2 Å². The van der Waals surface area contributed by atoms with E-state index in [0.717, 1.165) is 16.9 Å². The summed E-state index contributed by atoms with van der Waals surface area (Å²) in [6, 6.07) is 12.4. The molecule has 1 aromatic heterocycles. The highest BCUT2D eigenvalue weighted by atomic mass is 35.5. The Bertz CT molecular complexity index is 1150. The Balaban J connectivity index is 1.54. The molecule has 1 unspecified atom stereocenters. The molecule has 1 atom stereocenters. The first-order valence-corrected chi connectivity index (χ1v) is 10.5. The number of rotatable bonds is 3. The van der Waals surface area contributed by atoms with Crippen LogP contribution in [0.4, 0.5) is 15.8 Å². The molecule has 2 N–H and O–H groups in total. The van der Waals surface area contributed by atoms with E-state index in [1.807, 2.05) is 23.1 Å². The smallest absolute Gasteiger partial charge is 0.191 e. The van der Waals surface area contributed by atoms with E-state index in [9.17, 15) is 9.50 Å². The standard InChI is InChI=1S/C23H22ClFN4O2/c1-14-26-19(13-31-14)21-22(16-12-15(24)6-7-18(16)27-23(21)30)29-10-8-28(9-11-29)20-5-3-2-4-17(20)25/h2-7,12-13,23,27,30H,8-11H2,1H3. The van der Waals surface area contributed by atoms with Gasteiger partial charge >= 0.3 is 0 Å². The molecule has 160 valence electrons. The number of nitrogens with one attached hydrogen (secondary N) is 1. The highest BCUT2D eigenvalue weighted by Gasteiger charge is 2.33. The normalized spacial score (nSPS) is 18.8. The Hall–Kier alpha value is -3.03. The fourth-order valence-electron chi connectivity index (χ4n) is 4.30. The van der Waals surface area contributed by atoms with Crippen molar-refractivity contribution in [2.45, 2.75) is 13.2 Å². The number of oxazole rings is 1. The monoisotopic (exact) mass is 440 g/mol. The molecular formula is C23H22ClFN4O2. The summed E-state index contributed by atoms with van der Waals surface area (Å²) in [5.41, 5.74) is 4.39. The van der Waals surface area contributed by atoms with Gasteiger partial charge in [0.2, 0.25) is 0 Å². The second kappa shape index (κ2) is 7.90. The predicted octanol–water partition coefficient (Wildman–Crippen LogP) is 4.21. The molecule has 0 amide bonds. The average Bonchev–Trinajstić information content (AvgIpc) is 3.19. The largest absolute Gasteiger partial charge is 0.449 e. The van der Waals surface area contributed by atoms with Crippen LogP contribution in [0, 0.1) is 12.7 Å². The summed E-state index contributed by atoms with van der Waals surface area (Å²) in [7, 11) is 0. The Morgan fingerprint density at radius 1 is 1.13 bits per heavy atom. The van der Waals surface area contributed by atoms with E-state index in [1.165, 1.54) is 6.07 Å². The second-order valence-corrected chi connectivity index (χ2v) is 8.11. The van der Waals surface area contributed by atoms with Crippen LogP contribution in [-0.4, -0.2) is 47.4 Å². The van der Waals surface area contributed by atoms with Crippen molar-refractivity contribution < 1.29 is 13.9 Å². The van der Waals surface area contributed by atoms with E-state index in [2.05, 4.69) is 15.2 Å². The van der Waals surface area contributed by atoms with Gasteiger partial charge in [0, 0.05) is 49.4 Å². The maximum absolute atomic E-state index is 14.3. The number of nitrogens with zero attached hydrogens (tertiary/aromatic N) is 3. The quantitative estimate of drug-likeness (QED) is 0.636. The van der Waals surface area contributed by atoms with Gasteiger partial charge in [-0.05, 0) is 30.3 Å². The SMILES string of the molecule is Cc1nc(C2=C(N3CCN(c4ccccc4F)CC3)c3cc(Cl)ccc3NC2O)co1. The predicted molar refractivity (Wildman–Crippen MR) is 119 cm³/mol. The van der Waals surface area contributed by atoms with E-state index in [-0.39, 0.29) is 5.82 Å². The van der Waals surface area contributed by atoms with Crippen LogP contribution in [0.15, 0.2) is 53.1 Å². The van der Waals surface area contributed by atoms with Crippen molar-refractivity contribution in [3.8, 4) is 0 Å². The van der Waals surface area contributed by atoms with Gasteiger partial charge in [0.15, 0.2) is 12.1 Å². The first kappa shape index (κ1) is 19.9. The van der Waals surface area contributed by atoms with Gasteiger partial charge < -0.3 is 24.6 Å². The molecular weight excluding hydrogens is 419 g/mol. The molecule has 0 saturated carbocycles. The van der Waals surface area contributed by atoms with Crippen LogP contribution in [0.2, 0.25) is 5.02 Å². The van der Waals surface area contributed by atoms with Crippen LogP contribution in [0.5, 0.6) is 0 Å². The van der Waals surface area contributed by atoms with Crippen molar-refractivity contribution in [1.82, 2.24) is 9.88 Å². The Morgan fingerprint density at radius 2 is 1.87 bits per heavy atom. The van der Waals surface area contributed by atoms with E-state index >= 15 is 0 Å². The molecule has 5 rings (SSSR count). The lowest BCUT2D eigenvalue weighted by Gasteiger charge is -2.41. The molecule has 2 aromatic carbocycles. The first-order chi connectivity index (χ1) is 15.0. The number of benzene rings is 2. The van der Waals surface area contributed by atoms with Crippen LogP contribution in [0.1, 0.15) is 17.1 Å². The molecule has 0 spiro atoms. The Morgan fingerprint density at radius 3 is 2.58 bits per heavy atom. The zero-order valence-corrected chi connectivity index (χ0v) is 17.7. The summed E-state index contributed by atoms with van der Waals surface area (Å²) < 4.78 is 19.7. The van der Waals surface area contributed by atoms with Gasteiger partial charge in [0.05, 0.1) is 17.0 Å². The number of aliphatic hydroxyl groups excluding tert-OH is 1. The summed E-state index contributed by atoms with van der Waals surface area (Å²) in [6.45, 7) is 4.37. The minimum absolute atomic E-state index is 0.219. The van der Waals surface area contributed by atoms with Crippen LogP contribution in [-0.2, 0) is 0 Å². The molecule has 6 nitrogen and oxygen atoms in total. The summed E-state index contributed by atoms with van der Waals surface area (Å²) in [5.74, 6) is 0.304. The Kier molecular flexibility index (Phi) is 5.08. The highest BCUT2D eigenvalue weighted by molar-refractivity contribution is 6.31. The number of fused-ring (bicyclic) bond motifs is 1. The van der Waals surface area contributed by atoms with Gasteiger partial charge in [0.1, 0.15) is 17.8 Å². The van der Waals surface area contributed by atoms with Gasteiger partial charge in [-0.15, -0.1) is 0 Å². The van der Waals surface area contributed by atoms with Crippen LogP contribution in [0.25, 0.3) is 11.3 Å². The zero-order valence-electron chi connectivity index (χ0n) is 17.0. The molecule has 1 fully saturated rings. The highest BCUT2D eigenvalue weighted by Crippen LogP contribution is 2.41. The van der Waals surface area contributed by atoms with Gasteiger partial charge in [-0.3, -0.25) is 0 Å². The number of halogens is 2. The number of para-hydroxylation sites is 1. The number of hydrogen-bond donors (Lipinski definition) is 2. The average molecular weight is 441 g/mol. The molecule has 0 aliphatic carbocycles. The molecule has 31 heavy (non-hydrogen) atoms. The van der Waals surface area contributed by atoms with Gasteiger partial charge in [-0.25, -0.2) is 9.37 Å². The fourth-order valence-corrected chi connectivity index (χ4v) is 4.47. The summed E-state index contributed by atoms with van der Waals surface area (Å²) in [6.07, 6.45) is 0.610. The van der Waals surface area contributed by atoms with E-state index in [1.54, 1.807) is 31.4 Å². The number of hydrogen-bond acceptors (Lipinski definition) is 6. The van der Waals surface area contributed by atoms with Crippen LogP contribution >= 0.6 is 11.6 Å². The minimum Gasteiger partial charge on any atom is -0.449 e. The Labute approximate surface area is 184 Å². The number of aromatic nitrogens is 1. The molecule has 2 aliphatic rings. The topological polar surface area (TPSA) is 64.8 Å². The van der Waals surface area contributed by atoms with Crippen molar-refractivity contribution in [3.63, 3.8) is 0 Å². The molecule has 3 heterocycles. The van der Waals surface area contributed by atoms with Gasteiger partial charge in [-0.1, -0.05) is 23.7 Å². The van der Waals surface area contributed by atoms with Crippen molar-refractivity contribution in [2.24, 2.45) is 0 Å². The third-order valence-corrected chi connectivity index (χ3v) is 5.98. The van der Waals surface area contributed by atoms with Gasteiger partial charge in [-0.2, -0.15) is 0 Å². The number of anilines is 2. The van der Waals surface area contributed by atoms with Crippen LogP contribution < -0.4 is 10.2 Å². The lowest BCUT2D eigenvalue weighted by Crippen LogP contribution is -2.47. The molecule has 8 heteroatoms. The fraction of sp³-hybridized carbons (Fsp3) is 0.261. The summed E-state index contributed by atoms with van der Waals surface area (Å²) in [5, 5.41) is 14.7. The van der Waals surface area contributed by atoms with Gasteiger partial charge in [0.25, 0.3) is 0 Å². The molecule has 2 aliphatic heterocycles. The van der Waals surface area contributed by atoms with E-state index < -0.39 is 6.23 Å². The second-order valence-electron chi connectivity index (χ2n) is 7.68. The van der Waals surface area contributed by atoms with Crippen molar-refractivity contribution in [2.75, 3.05) is 36.4 Å². The molecule has 3 aromatic rings. The van der Waals surface area contributed by atoms with E-state index in [0.29, 0.717) is 54.0 Å². The molecule has 0 bridgehead atoms. The van der Waals surface area contributed by atoms with Crippen LogP contribution in [0.3, 0.4) is 0 Å².